The zero-order valence-corrected chi connectivity index (χ0v) is 18.2. The molecule has 0 aromatic rings. The highest BCUT2D eigenvalue weighted by atomic mass is 16.6. The molecule has 0 aromatic carbocycles. The van der Waals surface area contributed by atoms with Crippen LogP contribution in [0.25, 0.3) is 0 Å². The third-order valence-corrected chi connectivity index (χ3v) is 6.46. The maximum absolute atomic E-state index is 12.9. The van der Waals surface area contributed by atoms with E-state index >= 15 is 0 Å². The first-order valence-electron chi connectivity index (χ1n) is 11.8. The van der Waals surface area contributed by atoms with Crippen LogP contribution < -0.4 is 0 Å². The Hall–Kier alpha value is -1.26. The van der Waals surface area contributed by atoms with E-state index in [1.54, 1.807) is 0 Å². The van der Waals surface area contributed by atoms with E-state index in [4.69, 9.17) is 9.47 Å². The largest absolute Gasteiger partial charge is 0.446 e. The number of unbranched alkanes of at least 4 members (excludes halogenated alkanes) is 6. The summed E-state index contributed by atoms with van der Waals surface area (Å²) in [5.41, 5.74) is -0.386. The van der Waals surface area contributed by atoms with Crippen LogP contribution >= 0.6 is 0 Å². The fourth-order valence-corrected chi connectivity index (χ4v) is 4.48. The second kappa shape index (κ2) is 12.3. The molecule has 0 spiro atoms. The molecule has 0 aromatic heterocycles. The van der Waals surface area contributed by atoms with Crippen LogP contribution in [-0.2, 0) is 9.47 Å². The van der Waals surface area contributed by atoms with Gasteiger partial charge in [-0.2, -0.15) is 0 Å². The molecule has 5 heteroatoms. The lowest BCUT2D eigenvalue weighted by molar-refractivity contribution is -0.0119. The van der Waals surface area contributed by atoms with E-state index in [0.29, 0.717) is 6.54 Å². The smallest absolute Gasteiger partial charge is 0.419 e. The molecule has 28 heavy (non-hydrogen) atoms. The number of carbonyl (C=O) groups excluding carboxylic acids is 2. The molecule has 2 rings (SSSR count). The predicted molar refractivity (Wildman–Crippen MR) is 111 cm³/mol. The van der Waals surface area contributed by atoms with Gasteiger partial charge in [0.2, 0.25) is 0 Å². The zero-order valence-electron chi connectivity index (χ0n) is 18.2. The van der Waals surface area contributed by atoms with Gasteiger partial charge in [0, 0.05) is 6.54 Å². The average Bonchev–Trinajstić information content (AvgIpc) is 3.36. The minimum atomic E-state index is -0.507. The molecule has 2 saturated carbocycles. The number of imide groups is 1. The second-order valence-electron chi connectivity index (χ2n) is 8.67. The third kappa shape index (κ3) is 7.29. The first-order valence-corrected chi connectivity index (χ1v) is 11.8. The van der Waals surface area contributed by atoms with E-state index in [1.165, 1.54) is 30.6 Å². The van der Waals surface area contributed by atoms with Gasteiger partial charge < -0.3 is 9.47 Å². The summed E-state index contributed by atoms with van der Waals surface area (Å²) in [7, 11) is 0. The monoisotopic (exact) mass is 395 g/mol. The zero-order chi connectivity index (χ0) is 20.2. The van der Waals surface area contributed by atoms with E-state index in [-0.39, 0.29) is 11.7 Å². The first-order chi connectivity index (χ1) is 13.6. The van der Waals surface area contributed by atoms with Crippen LogP contribution in [0.2, 0.25) is 0 Å². The van der Waals surface area contributed by atoms with Crippen molar-refractivity contribution in [2.75, 3.05) is 6.54 Å². The molecular weight excluding hydrogens is 354 g/mol. The van der Waals surface area contributed by atoms with Gasteiger partial charge in [-0.25, -0.2) is 14.5 Å². The summed E-state index contributed by atoms with van der Waals surface area (Å²) in [4.78, 5) is 26.8. The average molecular weight is 396 g/mol. The quantitative estimate of drug-likeness (QED) is 0.354. The van der Waals surface area contributed by atoms with Gasteiger partial charge in [-0.05, 0) is 64.2 Å². The maximum Gasteiger partial charge on any atom is 0.419 e. The van der Waals surface area contributed by atoms with E-state index < -0.39 is 12.2 Å². The molecule has 0 radical (unpaired) electrons. The minimum Gasteiger partial charge on any atom is -0.446 e. The number of amides is 2. The molecule has 0 unspecified atom stereocenters. The SMILES string of the molecule is CCCCCCCCCN(C(=O)OC1CCCC1)C(=O)OC1(CC)CCCC1. The number of hydrogen-bond donors (Lipinski definition) is 0. The van der Waals surface area contributed by atoms with Gasteiger partial charge in [-0.1, -0.05) is 52.4 Å². The van der Waals surface area contributed by atoms with Crippen LogP contribution in [0.15, 0.2) is 0 Å². The lowest BCUT2D eigenvalue weighted by Gasteiger charge is -2.31. The van der Waals surface area contributed by atoms with Gasteiger partial charge in [0.25, 0.3) is 0 Å². The van der Waals surface area contributed by atoms with E-state index in [0.717, 1.165) is 77.0 Å². The molecule has 0 bridgehead atoms. The Morgan fingerprint density at radius 1 is 0.857 bits per heavy atom. The molecule has 2 aliphatic rings. The molecule has 162 valence electrons. The van der Waals surface area contributed by atoms with Crippen molar-refractivity contribution in [1.29, 1.82) is 0 Å². The molecule has 2 fully saturated rings. The minimum absolute atomic E-state index is 0.0385. The lowest BCUT2D eigenvalue weighted by Crippen LogP contribution is -2.44. The van der Waals surface area contributed by atoms with E-state index in [9.17, 15) is 9.59 Å². The molecule has 0 saturated heterocycles. The summed E-state index contributed by atoms with van der Waals surface area (Å²) < 4.78 is 11.5. The molecule has 2 aliphatic carbocycles. The molecule has 0 aliphatic heterocycles. The van der Waals surface area contributed by atoms with Gasteiger partial charge in [0.1, 0.15) is 11.7 Å². The molecular formula is C23H41NO4. The van der Waals surface area contributed by atoms with Crippen molar-refractivity contribution in [1.82, 2.24) is 4.90 Å². The Kier molecular flexibility index (Phi) is 10.1. The predicted octanol–water partition coefficient (Wildman–Crippen LogP) is 6.98. The lowest BCUT2D eigenvalue weighted by atomic mass is 9.99. The summed E-state index contributed by atoms with van der Waals surface area (Å²) >= 11 is 0. The van der Waals surface area contributed by atoms with Crippen molar-refractivity contribution in [3.8, 4) is 0 Å². The van der Waals surface area contributed by atoms with Crippen molar-refractivity contribution in [3.63, 3.8) is 0 Å². The molecule has 2 amide bonds. The Morgan fingerprint density at radius 3 is 2.07 bits per heavy atom. The molecule has 0 heterocycles. The fourth-order valence-electron chi connectivity index (χ4n) is 4.48. The highest BCUT2D eigenvalue weighted by molar-refractivity contribution is 5.88. The number of nitrogens with zero attached hydrogens (tertiary/aromatic N) is 1. The summed E-state index contributed by atoms with van der Waals surface area (Å²) in [5, 5.41) is 0. The van der Waals surface area contributed by atoms with Crippen LogP contribution in [0.3, 0.4) is 0 Å². The highest BCUT2D eigenvalue weighted by Gasteiger charge is 2.39. The number of hydrogen-bond acceptors (Lipinski definition) is 4. The molecule has 0 atom stereocenters. The Morgan fingerprint density at radius 2 is 1.46 bits per heavy atom. The topological polar surface area (TPSA) is 55.8 Å². The third-order valence-electron chi connectivity index (χ3n) is 6.46. The van der Waals surface area contributed by atoms with Crippen LogP contribution in [0.4, 0.5) is 9.59 Å². The Bertz CT molecular complexity index is 467. The van der Waals surface area contributed by atoms with Crippen LogP contribution in [-0.4, -0.2) is 35.3 Å². The highest BCUT2D eigenvalue weighted by Crippen LogP contribution is 2.36. The van der Waals surface area contributed by atoms with Gasteiger partial charge in [0.15, 0.2) is 0 Å². The molecule has 5 nitrogen and oxygen atoms in total. The van der Waals surface area contributed by atoms with Crippen LogP contribution in [0.1, 0.15) is 117 Å². The van der Waals surface area contributed by atoms with Crippen molar-refractivity contribution < 1.29 is 19.1 Å². The van der Waals surface area contributed by atoms with Crippen molar-refractivity contribution >= 4 is 12.2 Å². The van der Waals surface area contributed by atoms with Gasteiger partial charge in [-0.3, -0.25) is 0 Å². The Labute approximate surface area is 171 Å². The number of rotatable bonds is 11. The van der Waals surface area contributed by atoms with E-state index in [2.05, 4.69) is 13.8 Å². The van der Waals surface area contributed by atoms with Gasteiger partial charge in [-0.15, -0.1) is 0 Å². The van der Waals surface area contributed by atoms with E-state index in [1.807, 2.05) is 0 Å². The number of carbonyl (C=O) groups is 2. The summed E-state index contributed by atoms with van der Waals surface area (Å²) in [6, 6.07) is 0. The second-order valence-corrected chi connectivity index (χ2v) is 8.67. The van der Waals surface area contributed by atoms with Crippen molar-refractivity contribution in [2.24, 2.45) is 0 Å². The number of ether oxygens (including phenoxy) is 2. The summed E-state index contributed by atoms with van der Waals surface area (Å²) in [6.07, 6.45) is 15.8. The molecule has 0 N–H and O–H groups in total. The maximum atomic E-state index is 12.9. The van der Waals surface area contributed by atoms with Gasteiger partial charge >= 0.3 is 12.2 Å². The van der Waals surface area contributed by atoms with Crippen LogP contribution in [0.5, 0.6) is 0 Å². The van der Waals surface area contributed by atoms with Gasteiger partial charge in [0.05, 0.1) is 0 Å². The first kappa shape index (κ1) is 23.0. The summed E-state index contributed by atoms with van der Waals surface area (Å²) in [5.74, 6) is 0. The standard InChI is InChI=1S/C23H41NO4/c1-3-5-6-7-8-9-14-19-24(21(25)27-20-15-10-11-16-20)22(26)28-23(4-2)17-12-13-18-23/h20H,3-19H2,1-2H3. The Balaban J connectivity index is 1.86. The van der Waals surface area contributed by atoms with Crippen LogP contribution in [0, 0.1) is 0 Å². The summed E-state index contributed by atoms with van der Waals surface area (Å²) in [6.45, 7) is 4.68. The normalized spacial score (nSPS) is 18.9. The van der Waals surface area contributed by atoms with Crippen molar-refractivity contribution in [3.05, 3.63) is 0 Å². The fraction of sp³-hybridized carbons (Fsp3) is 0.913. The van der Waals surface area contributed by atoms with Crippen molar-refractivity contribution in [2.45, 2.75) is 128 Å².